The van der Waals surface area contributed by atoms with Crippen LogP contribution in [0.25, 0.3) is 10.2 Å². The molecule has 2 heterocycles. The van der Waals surface area contributed by atoms with Crippen LogP contribution in [0.3, 0.4) is 0 Å². The van der Waals surface area contributed by atoms with Crippen molar-refractivity contribution >= 4 is 38.9 Å². The molecule has 0 aliphatic carbocycles. The highest BCUT2D eigenvalue weighted by Crippen LogP contribution is 2.28. The number of hydrogen-bond acceptors (Lipinski definition) is 6. The first-order valence-electron chi connectivity index (χ1n) is 10.1. The molecule has 0 atom stereocenters. The van der Waals surface area contributed by atoms with Gasteiger partial charge in [0, 0.05) is 12.1 Å². The summed E-state index contributed by atoms with van der Waals surface area (Å²) in [5.41, 5.74) is 5.04. The second-order valence-electron chi connectivity index (χ2n) is 7.66. The fourth-order valence-electron chi connectivity index (χ4n) is 3.48. The van der Waals surface area contributed by atoms with Gasteiger partial charge in [0.1, 0.15) is 5.75 Å². The number of nitrogens with one attached hydrogen (secondary N) is 2. The summed E-state index contributed by atoms with van der Waals surface area (Å²) < 4.78 is 1.05. The minimum absolute atomic E-state index is 0.101. The summed E-state index contributed by atoms with van der Waals surface area (Å²) >= 11 is 1.44. The zero-order valence-electron chi connectivity index (χ0n) is 16.8. The van der Waals surface area contributed by atoms with Gasteiger partial charge in [-0.05, 0) is 61.7 Å². The van der Waals surface area contributed by atoms with E-state index >= 15 is 0 Å². The van der Waals surface area contributed by atoms with Gasteiger partial charge in [0.25, 0.3) is 0 Å². The van der Waals surface area contributed by atoms with E-state index in [-0.39, 0.29) is 5.75 Å². The number of anilines is 1. The van der Waals surface area contributed by atoms with Crippen molar-refractivity contribution in [3.8, 4) is 5.75 Å². The van der Waals surface area contributed by atoms with Crippen molar-refractivity contribution in [1.29, 1.82) is 0 Å². The molecular formula is C22H25N5O2S. The molecule has 4 rings (SSSR count). The Morgan fingerprint density at radius 3 is 2.90 bits per heavy atom. The van der Waals surface area contributed by atoms with Gasteiger partial charge in [-0.15, -0.1) is 0 Å². The van der Waals surface area contributed by atoms with Crippen molar-refractivity contribution in [3.63, 3.8) is 0 Å². The molecule has 0 saturated carbocycles. The number of urea groups is 1. The number of para-hydroxylation sites is 1. The van der Waals surface area contributed by atoms with Gasteiger partial charge >= 0.3 is 6.03 Å². The quantitative estimate of drug-likeness (QED) is 0.419. The largest absolute Gasteiger partial charge is 0.507 e. The molecule has 7 nitrogen and oxygen atoms in total. The number of likely N-dealkylation sites (tertiary alicyclic amines) is 1. The Morgan fingerprint density at radius 2 is 2.10 bits per heavy atom. The zero-order valence-corrected chi connectivity index (χ0v) is 17.7. The van der Waals surface area contributed by atoms with Crippen molar-refractivity contribution in [1.82, 2.24) is 15.3 Å². The van der Waals surface area contributed by atoms with Crippen LogP contribution in [0.4, 0.5) is 9.93 Å². The summed E-state index contributed by atoms with van der Waals surface area (Å²) in [6.45, 7) is 5.57. The number of thiazole rings is 1. The van der Waals surface area contributed by atoms with E-state index in [1.54, 1.807) is 24.3 Å². The molecule has 156 valence electrons. The topological polar surface area (TPSA) is 89.9 Å². The fourth-order valence-corrected chi connectivity index (χ4v) is 4.41. The number of rotatable bonds is 5. The number of phenols is 1. The van der Waals surface area contributed by atoms with Gasteiger partial charge < -0.3 is 5.11 Å². The van der Waals surface area contributed by atoms with E-state index in [2.05, 4.69) is 44.8 Å². The number of fused-ring (bicyclic) bond motifs is 1. The first-order valence-corrected chi connectivity index (χ1v) is 10.9. The van der Waals surface area contributed by atoms with Crippen LogP contribution in [0, 0.1) is 5.92 Å². The van der Waals surface area contributed by atoms with E-state index in [9.17, 15) is 9.90 Å². The Hall–Kier alpha value is -2.97. The van der Waals surface area contributed by atoms with Gasteiger partial charge in [0.2, 0.25) is 0 Å². The number of phenolic OH excluding ortho intramolecular Hbond substituents is 1. The SMILES string of the molecule is CC1CCN(Cc2ccc3nc(NC(=O)N/N=C/c4ccccc4O)sc3c2)CC1. The van der Waals surface area contributed by atoms with Crippen LogP contribution < -0.4 is 10.7 Å². The zero-order chi connectivity index (χ0) is 20.9. The van der Waals surface area contributed by atoms with Crippen molar-refractivity contribution in [2.45, 2.75) is 26.3 Å². The van der Waals surface area contributed by atoms with E-state index in [0.717, 1.165) is 35.8 Å². The van der Waals surface area contributed by atoms with Crippen LogP contribution in [-0.4, -0.2) is 40.3 Å². The first-order chi connectivity index (χ1) is 14.6. The Bertz CT molecular complexity index is 1060. The van der Waals surface area contributed by atoms with Crippen LogP contribution in [0.2, 0.25) is 0 Å². The van der Waals surface area contributed by atoms with Crippen molar-refractivity contribution < 1.29 is 9.90 Å². The Kier molecular flexibility index (Phi) is 6.25. The summed E-state index contributed by atoms with van der Waals surface area (Å²) in [4.78, 5) is 19.1. The van der Waals surface area contributed by atoms with Crippen LogP contribution in [0.15, 0.2) is 47.6 Å². The minimum Gasteiger partial charge on any atom is -0.507 e. The molecule has 3 aromatic rings. The van der Waals surface area contributed by atoms with Crippen LogP contribution in [0.1, 0.15) is 30.9 Å². The maximum atomic E-state index is 12.1. The van der Waals surface area contributed by atoms with E-state index in [0.29, 0.717) is 10.7 Å². The smallest absolute Gasteiger partial charge is 0.341 e. The molecule has 1 saturated heterocycles. The third-order valence-electron chi connectivity index (χ3n) is 5.26. The molecule has 1 aliphatic rings. The summed E-state index contributed by atoms with van der Waals surface area (Å²) in [7, 11) is 0. The number of piperidine rings is 1. The molecule has 0 spiro atoms. The average Bonchev–Trinajstić information content (AvgIpc) is 3.12. The van der Waals surface area contributed by atoms with Gasteiger partial charge in [-0.1, -0.05) is 36.5 Å². The molecule has 1 aliphatic heterocycles. The Labute approximate surface area is 179 Å². The van der Waals surface area contributed by atoms with Crippen LogP contribution in [0.5, 0.6) is 5.75 Å². The molecule has 0 bridgehead atoms. The van der Waals surface area contributed by atoms with E-state index < -0.39 is 6.03 Å². The van der Waals surface area contributed by atoms with Gasteiger partial charge in [-0.2, -0.15) is 5.10 Å². The monoisotopic (exact) mass is 423 g/mol. The Balaban J connectivity index is 1.35. The number of amides is 2. The average molecular weight is 424 g/mol. The van der Waals surface area contributed by atoms with Gasteiger partial charge in [-0.3, -0.25) is 10.2 Å². The van der Waals surface area contributed by atoms with Crippen LogP contribution >= 0.6 is 11.3 Å². The van der Waals surface area contributed by atoms with Crippen molar-refractivity contribution in [2.24, 2.45) is 11.0 Å². The number of nitrogens with zero attached hydrogens (tertiary/aromatic N) is 3. The highest BCUT2D eigenvalue weighted by molar-refractivity contribution is 7.22. The highest BCUT2D eigenvalue weighted by Gasteiger charge is 2.16. The van der Waals surface area contributed by atoms with Gasteiger partial charge in [0.05, 0.1) is 16.4 Å². The molecule has 0 radical (unpaired) electrons. The normalized spacial score (nSPS) is 15.6. The first kappa shape index (κ1) is 20.3. The van der Waals surface area contributed by atoms with Crippen molar-refractivity contribution in [2.75, 3.05) is 18.4 Å². The second-order valence-corrected chi connectivity index (χ2v) is 8.69. The molecule has 1 aromatic heterocycles. The molecule has 1 fully saturated rings. The van der Waals surface area contributed by atoms with Gasteiger partial charge in [-0.25, -0.2) is 15.2 Å². The van der Waals surface area contributed by atoms with E-state index in [1.165, 1.54) is 36.0 Å². The number of hydrogen-bond donors (Lipinski definition) is 3. The van der Waals surface area contributed by atoms with E-state index in [1.807, 2.05) is 6.07 Å². The number of aromatic nitrogens is 1. The fraction of sp³-hybridized carbons (Fsp3) is 0.318. The summed E-state index contributed by atoms with van der Waals surface area (Å²) in [6, 6.07) is 12.6. The number of hydrazone groups is 1. The lowest BCUT2D eigenvalue weighted by atomic mass is 9.99. The molecule has 3 N–H and O–H groups in total. The Morgan fingerprint density at radius 1 is 1.30 bits per heavy atom. The maximum absolute atomic E-state index is 12.1. The van der Waals surface area contributed by atoms with Crippen LogP contribution in [-0.2, 0) is 6.54 Å². The molecule has 30 heavy (non-hydrogen) atoms. The molecule has 8 heteroatoms. The molecule has 2 amide bonds. The van der Waals surface area contributed by atoms with Gasteiger partial charge in [0.15, 0.2) is 5.13 Å². The number of aromatic hydroxyl groups is 1. The summed E-state index contributed by atoms with van der Waals surface area (Å²) in [5.74, 6) is 0.928. The predicted molar refractivity (Wildman–Crippen MR) is 121 cm³/mol. The number of carbonyl (C=O) groups is 1. The van der Waals surface area contributed by atoms with E-state index in [4.69, 9.17) is 0 Å². The number of benzene rings is 2. The number of carbonyl (C=O) groups excluding carboxylic acids is 1. The summed E-state index contributed by atoms with van der Waals surface area (Å²) in [6.07, 6.45) is 3.91. The molecule has 0 unspecified atom stereocenters. The second kappa shape index (κ2) is 9.23. The standard InChI is InChI=1S/C22H25N5O2S/c1-15-8-10-27(11-9-15)14-16-6-7-18-20(12-16)30-22(24-18)25-21(29)26-23-13-17-4-2-3-5-19(17)28/h2-7,12-13,15,28H,8-11,14H2,1H3,(H2,24,25,26,29)/b23-13+. The third kappa shape index (κ3) is 5.14. The lowest BCUT2D eigenvalue weighted by molar-refractivity contribution is 0.185. The summed E-state index contributed by atoms with van der Waals surface area (Å²) in [5, 5.41) is 16.8. The predicted octanol–water partition coefficient (Wildman–Crippen LogP) is 4.39. The highest BCUT2D eigenvalue weighted by atomic mass is 32.1. The lowest BCUT2D eigenvalue weighted by Gasteiger charge is -2.30. The molecular weight excluding hydrogens is 398 g/mol. The minimum atomic E-state index is -0.483. The lowest BCUT2D eigenvalue weighted by Crippen LogP contribution is -2.32. The maximum Gasteiger partial charge on any atom is 0.341 e. The van der Waals surface area contributed by atoms with Crippen molar-refractivity contribution in [3.05, 3.63) is 53.6 Å². The molecule has 2 aromatic carbocycles. The third-order valence-corrected chi connectivity index (χ3v) is 6.20.